The van der Waals surface area contributed by atoms with Gasteiger partial charge < -0.3 is 0 Å². The molecule has 8 heteroatoms. The van der Waals surface area contributed by atoms with Crippen LogP contribution in [0.4, 0.5) is 8.78 Å². The molecule has 2 aromatic carbocycles. The SMILES string of the molecule is O=c1c2sccc2nc(SCc2cc(F)ccc2F)n1CCc1ccc(Cl)cc1. The van der Waals surface area contributed by atoms with Crippen molar-refractivity contribution in [2.75, 3.05) is 0 Å². The van der Waals surface area contributed by atoms with Crippen LogP contribution in [0.5, 0.6) is 0 Å². The molecule has 4 aromatic rings. The molecular weight excluding hydrogens is 434 g/mol. The Morgan fingerprint density at radius 2 is 1.90 bits per heavy atom. The fourth-order valence-electron chi connectivity index (χ4n) is 2.92. The summed E-state index contributed by atoms with van der Waals surface area (Å²) in [4.78, 5) is 17.6. The zero-order chi connectivity index (χ0) is 20.4. The maximum atomic E-state index is 14.0. The van der Waals surface area contributed by atoms with Gasteiger partial charge in [-0.3, -0.25) is 9.36 Å². The van der Waals surface area contributed by atoms with E-state index in [0.717, 1.165) is 17.7 Å². The minimum atomic E-state index is -0.497. The Morgan fingerprint density at radius 1 is 1.10 bits per heavy atom. The monoisotopic (exact) mass is 448 g/mol. The van der Waals surface area contributed by atoms with E-state index >= 15 is 0 Å². The van der Waals surface area contributed by atoms with Crippen LogP contribution < -0.4 is 5.56 Å². The van der Waals surface area contributed by atoms with Gasteiger partial charge in [0.15, 0.2) is 5.16 Å². The Balaban J connectivity index is 1.64. The first kappa shape index (κ1) is 20.1. The molecule has 2 aromatic heterocycles. The third-order valence-electron chi connectivity index (χ3n) is 4.43. The summed E-state index contributed by atoms with van der Waals surface area (Å²) in [6, 6.07) is 12.6. The minimum Gasteiger partial charge on any atom is -0.286 e. The van der Waals surface area contributed by atoms with Crippen molar-refractivity contribution in [3.05, 3.63) is 92.0 Å². The number of hydrogen-bond acceptors (Lipinski definition) is 4. The first-order chi connectivity index (χ1) is 14.0. The van der Waals surface area contributed by atoms with Crippen LogP contribution in [-0.4, -0.2) is 9.55 Å². The third-order valence-corrected chi connectivity index (χ3v) is 6.60. The zero-order valence-electron chi connectivity index (χ0n) is 15.1. The number of halogens is 3. The highest BCUT2D eigenvalue weighted by Gasteiger charge is 2.14. The summed E-state index contributed by atoms with van der Waals surface area (Å²) >= 11 is 8.50. The normalized spacial score (nSPS) is 11.3. The second-order valence-electron chi connectivity index (χ2n) is 6.39. The molecule has 0 aliphatic carbocycles. The standard InChI is InChI=1S/C21H15ClF2N2OS2/c22-15-3-1-13(2-4-15)7-9-26-20(27)19-18(8-10-28-19)25-21(26)29-12-14-11-16(23)5-6-17(14)24/h1-6,8,10-11H,7,9,12H2. The van der Waals surface area contributed by atoms with E-state index < -0.39 is 11.6 Å². The molecule has 0 N–H and O–H groups in total. The van der Waals surface area contributed by atoms with Crippen LogP contribution in [0.3, 0.4) is 0 Å². The van der Waals surface area contributed by atoms with Crippen LogP contribution in [-0.2, 0) is 18.7 Å². The molecule has 0 spiro atoms. The quantitative estimate of drug-likeness (QED) is 0.271. The van der Waals surface area contributed by atoms with Crippen LogP contribution in [0.15, 0.2) is 63.9 Å². The molecule has 148 valence electrons. The molecule has 0 saturated heterocycles. The molecule has 0 saturated carbocycles. The summed E-state index contributed by atoms with van der Waals surface area (Å²) in [6.45, 7) is 0.426. The summed E-state index contributed by atoms with van der Waals surface area (Å²) in [6.07, 6.45) is 0.623. The van der Waals surface area contributed by atoms with E-state index in [4.69, 9.17) is 11.6 Å². The first-order valence-corrected chi connectivity index (χ1v) is 11.0. The largest absolute Gasteiger partial charge is 0.286 e. The van der Waals surface area contributed by atoms with Gasteiger partial charge in [0.25, 0.3) is 5.56 Å². The molecule has 0 atom stereocenters. The summed E-state index contributed by atoms with van der Waals surface area (Å²) in [7, 11) is 0. The van der Waals surface area contributed by atoms with Crippen LogP contribution in [0.1, 0.15) is 11.1 Å². The van der Waals surface area contributed by atoms with Crippen molar-refractivity contribution in [2.24, 2.45) is 0 Å². The Morgan fingerprint density at radius 3 is 2.69 bits per heavy atom. The Hall–Kier alpha value is -2.22. The molecule has 0 amide bonds. The van der Waals surface area contributed by atoms with E-state index in [9.17, 15) is 13.6 Å². The Kier molecular flexibility index (Phi) is 5.99. The lowest BCUT2D eigenvalue weighted by Gasteiger charge is -2.12. The van der Waals surface area contributed by atoms with Gasteiger partial charge in [-0.1, -0.05) is 35.5 Å². The van der Waals surface area contributed by atoms with E-state index in [1.807, 2.05) is 29.6 Å². The van der Waals surface area contributed by atoms with Gasteiger partial charge in [-0.05, 0) is 53.8 Å². The number of aromatic nitrogens is 2. The highest BCUT2D eigenvalue weighted by Crippen LogP contribution is 2.25. The molecule has 0 aliphatic heterocycles. The van der Waals surface area contributed by atoms with Crippen molar-refractivity contribution < 1.29 is 8.78 Å². The van der Waals surface area contributed by atoms with E-state index in [1.165, 1.54) is 29.2 Å². The summed E-state index contributed by atoms with van der Waals surface area (Å²) < 4.78 is 29.6. The maximum Gasteiger partial charge on any atom is 0.272 e. The van der Waals surface area contributed by atoms with Crippen molar-refractivity contribution in [3.8, 4) is 0 Å². The molecule has 0 fully saturated rings. The summed E-state index contributed by atoms with van der Waals surface area (Å²) in [5.74, 6) is -0.805. The zero-order valence-corrected chi connectivity index (χ0v) is 17.5. The number of thiophene rings is 1. The van der Waals surface area contributed by atoms with Crippen LogP contribution in [0, 0.1) is 11.6 Å². The van der Waals surface area contributed by atoms with Gasteiger partial charge in [0.05, 0.1) is 5.52 Å². The topological polar surface area (TPSA) is 34.9 Å². The van der Waals surface area contributed by atoms with E-state index in [1.54, 1.807) is 10.6 Å². The highest BCUT2D eigenvalue weighted by atomic mass is 35.5. The van der Waals surface area contributed by atoms with Gasteiger partial charge >= 0.3 is 0 Å². The molecule has 0 unspecified atom stereocenters. The van der Waals surface area contributed by atoms with E-state index in [-0.39, 0.29) is 16.9 Å². The number of hydrogen-bond donors (Lipinski definition) is 0. The van der Waals surface area contributed by atoms with Crippen molar-refractivity contribution in [1.29, 1.82) is 0 Å². The minimum absolute atomic E-state index is 0.124. The molecule has 0 radical (unpaired) electrons. The second-order valence-corrected chi connectivity index (χ2v) is 8.68. The number of rotatable bonds is 6. The fourth-order valence-corrected chi connectivity index (χ4v) is 4.82. The molecule has 2 heterocycles. The maximum absolute atomic E-state index is 14.0. The molecule has 3 nitrogen and oxygen atoms in total. The number of nitrogens with zero attached hydrogens (tertiary/aromatic N) is 2. The van der Waals surface area contributed by atoms with Crippen LogP contribution >= 0.6 is 34.7 Å². The van der Waals surface area contributed by atoms with Gasteiger partial charge in [-0.2, -0.15) is 0 Å². The number of aryl methyl sites for hydroxylation is 1. The molecule has 29 heavy (non-hydrogen) atoms. The lowest BCUT2D eigenvalue weighted by atomic mass is 10.1. The van der Waals surface area contributed by atoms with Crippen molar-refractivity contribution in [1.82, 2.24) is 9.55 Å². The van der Waals surface area contributed by atoms with Crippen LogP contribution in [0.25, 0.3) is 10.2 Å². The Bertz CT molecular complexity index is 1220. The van der Waals surface area contributed by atoms with Crippen molar-refractivity contribution in [2.45, 2.75) is 23.9 Å². The average Bonchev–Trinajstić information content (AvgIpc) is 3.18. The predicted octanol–water partition coefficient (Wildman–Crippen LogP) is 5.92. The highest BCUT2D eigenvalue weighted by molar-refractivity contribution is 7.98. The van der Waals surface area contributed by atoms with Crippen molar-refractivity contribution >= 4 is 44.9 Å². The molecule has 0 aliphatic rings. The van der Waals surface area contributed by atoms with E-state index in [2.05, 4.69) is 4.98 Å². The van der Waals surface area contributed by atoms with E-state index in [0.29, 0.717) is 33.4 Å². The third kappa shape index (κ3) is 4.52. The number of fused-ring (bicyclic) bond motifs is 1. The van der Waals surface area contributed by atoms with Crippen LogP contribution in [0.2, 0.25) is 5.02 Å². The lowest BCUT2D eigenvalue weighted by Crippen LogP contribution is -2.23. The molecule has 0 bridgehead atoms. The predicted molar refractivity (Wildman–Crippen MR) is 115 cm³/mol. The molecule has 4 rings (SSSR count). The van der Waals surface area contributed by atoms with Gasteiger partial charge in [0.2, 0.25) is 0 Å². The van der Waals surface area contributed by atoms with Crippen molar-refractivity contribution in [3.63, 3.8) is 0 Å². The van der Waals surface area contributed by atoms with Gasteiger partial charge in [0.1, 0.15) is 16.3 Å². The average molecular weight is 449 g/mol. The fraction of sp³-hybridized carbons (Fsp3) is 0.143. The van der Waals surface area contributed by atoms with Gasteiger partial charge in [0, 0.05) is 22.9 Å². The number of benzene rings is 2. The lowest BCUT2D eigenvalue weighted by molar-refractivity contribution is 0.588. The smallest absolute Gasteiger partial charge is 0.272 e. The Labute approximate surface area is 179 Å². The number of thioether (sulfide) groups is 1. The van der Waals surface area contributed by atoms with Gasteiger partial charge in [-0.25, -0.2) is 13.8 Å². The summed E-state index contributed by atoms with van der Waals surface area (Å²) in [5, 5.41) is 2.96. The second kappa shape index (κ2) is 8.65. The first-order valence-electron chi connectivity index (χ1n) is 8.80. The molecular formula is C21H15ClF2N2OS2. The summed E-state index contributed by atoms with van der Waals surface area (Å²) in [5.41, 5.74) is 1.77. The van der Waals surface area contributed by atoms with Gasteiger partial charge in [-0.15, -0.1) is 11.3 Å².